The van der Waals surface area contributed by atoms with Gasteiger partial charge in [-0.2, -0.15) is 4.31 Å². The summed E-state index contributed by atoms with van der Waals surface area (Å²) in [6, 6.07) is 0. The van der Waals surface area contributed by atoms with Crippen LogP contribution in [0.25, 0.3) is 0 Å². The number of nitrogens with two attached hydrogens (primary N) is 1. The molecule has 2 atom stereocenters. The molecule has 88 valence electrons. The minimum Gasteiger partial charge on any atom is -0.377 e. The van der Waals surface area contributed by atoms with Crippen LogP contribution in [-0.2, 0) is 14.8 Å². The fourth-order valence-electron chi connectivity index (χ4n) is 2.22. The number of sulfonamides is 1. The molecule has 2 fully saturated rings. The van der Waals surface area contributed by atoms with E-state index in [9.17, 15) is 8.42 Å². The summed E-state index contributed by atoms with van der Waals surface area (Å²) in [5.74, 6) is 0.0979. The highest BCUT2D eigenvalue weighted by Crippen LogP contribution is 2.21. The Labute approximate surface area is 90.6 Å². The molecule has 2 aliphatic rings. The van der Waals surface area contributed by atoms with Gasteiger partial charge in [-0.25, -0.2) is 8.42 Å². The summed E-state index contributed by atoms with van der Waals surface area (Å²) in [7, 11) is -3.21. The van der Waals surface area contributed by atoms with E-state index in [1.165, 1.54) is 4.31 Å². The molecule has 0 aromatic heterocycles. The molecule has 0 aromatic carbocycles. The summed E-state index contributed by atoms with van der Waals surface area (Å²) in [5.41, 5.74) is 5.75. The molecule has 2 aliphatic heterocycles. The zero-order valence-electron chi connectivity index (χ0n) is 8.76. The van der Waals surface area contributed by atoms with Crippen molar-refractivity contribution in [3.05, 3.63) is 0 Å². The third-order valence-corrected chi connectivity index (χ3v) is 4.99. The van der Waals surface area contributed by atoms with Crippen LogP contribution in [0.5, 0.6) is 0 Å². The quantitative estimate of drug-likeness (QED) is 0.738. The lowest BCUT2D eigenvalue weighted by atomic mass is 10.3. The molecular formula is C9H18N2O3S. The van der Waals surface area contributed by atoms with E-state index in [1.54, 1.807) is 0 Å². The average Bonchev–Trinajstić information content (AvgIpc) is 2.75. The van der Waals surface area contributed by atoms with Gasteiger partial charge in [0.15, 0.2) is 0 Å². The minimum atomic E-state index is -3.21. The second-order valence-corrected chi connectivity index (χ2v) is 6.20. The lowest BCUT2D eigenvalue weighted by molar-refractivity contribution is 0.126. The van der Waals surface area contributed by atoms with Crippen molar-refractivity contribution in [2.45, 2.75) is 38.0 Å². The Kier molecular flexibility index (Phi) is 3.30. The first kappa shape index (κ1) is 11.3. The smallest absolute Gasteiger partial charge is 0.218 e. The third kappa shape index (κ3) is 2.50. The van der Waals surface area contributed by atoms with Gasteiger partial charge in [-0.15, -0.1) is 0 Å². The Morgan fingerprint density at radius 2 is 2.13 bits per heavy atom. The first-order valence-corrected chi connectivity index (χ1v) is 7.07. The Balaban J connectivity index is 1.99. The zero-order valence-corrected chi connectivity index (χ0v) is 9.58. The Morgan fingerprint density at radius 1 is 1.33 bits per heavy atom. The van der Waals surface area contributed by atoms with Gasteiger partial charge in [0, 0.05) is 13.2 Å². The van der Waals surface area contributed by atoms with Crippen LogP contribution in [0.15, 0.2) is 0 Å². The maximum absolute atomic E-state index is 12.0. The fourth-order valence-corrected chi connectivity index (χ4v) is 4.07. The van der Waals surface area contributed by atoms with Crippen molar-refractivity contribution in [1.29, 1.82) is 0 Å². The summed E-state index contributed by atoms with van der Waals surface area (Å²) < 4.78 is 30.7. The van der Waals surface area contributed by atoms with E-state index in [4.69, 9.17) is 10.5 Å². The summed E-state index contributed by atoms with van der Waals surface area (Å²) in [6.07, 6.45) is 3.00. The summed E-state index contributed by atoms with van der Waals surface area (Å²) in [4.78, 5) is 0. The summed E-state index contributed by atoms with van der Waals surface area (Å²) in [6.45, 7) is 1.25. The zero-order chi connectivity index (χ0) is 10.9. The standard InChI is InChI=1S/C9H18N2O3S/c10-9-4-1-5-11(9)15(12,13)7-8-3-2-6-14-8/h8-9H,1-7,10H2. The maximum atomic E-state index is 12.0. The van der Waals surface area contributed by atoms with Gasteiger partial charge in [-0.05, 0) is 25.7 Å². The number of hydrogen-bond donors (Lipinski definition) is 1. The molecule has 0 bridgehead atoms. The van der Waals surface area contributed by atoms with E-state index in [-0.39, 0.29) is 18.0 Å². The first-order chi connectivity index (χ1) is 7.09. The van der Waals surface area contributed by atoms with Gasteiger partial charge < -0.3 is 10.5 Å². The number of rotatable bonds is 3. The summed E-state index contributed by atoms with van der Waals surface area (Å²) in [5, 5.41) is 0. The van der Waals surface area contributed by atoms with E-state index in [0.717, 1.165) is 25.7 Å². The molecule has 0 saturated carbocycles. The van der Waals surface area contributed by atoms with Gasteiger partial charge in [-0.3, -0.25) is 0 Å². The van der Waals surface area contributed by atoms with Gasteiger partial charge in [0.2, 0.25) is 10.0 Å². The first-order valence-electron chi connectivity index (χ1n) is 5.46. The van der Waals surface area contributed by atoms with Gasteiger partial charge in [0.05, 0.1) is 18.0 Å². The lowest BCUT2D eigenvalue weighted by Crippen LogP contribution is -2.43. The Hall–Kier alpha value is -0.170. The van der Waals surface area contributed by atoms with Crippen LogP contribution >= 0.6 is 0 Å². The number of nitrogens with zero attached hydrogens (tertiary/aromatic N) is 1. The molecule has 5 nitrogen and oxygen atoms in total. The Bertz CT molecular complexity index is 311. The Morgan fingerprint density at radius 3 is 2.67 bits per heavy atom. The second kappa shape index (κ2) is 4.37. The van der Waals surface area contributed by atoms with Gasteiger partial charge in [0.1, 0.15) is 0 Å². The SMILES string of the molecule is NC1CCCN1S(=O)(=O)CC1CCCO1. The van der Waals surface area contributed by atoms with E-state index in [0.29, 0.717) is 13.2 Å². The molecule has 0 aliphatic carbocycles. The van der Waals surface area contributed by atoms with Crippen molar-refractivity contribution >= 4 is 10.0 Å². The molecule has 2 unspecified atom stereocenters. The molecule has 6 heteroatoms. The van der Waals surface area contributed by atoms with E-state index in [1.807, 2.05) is 0 Å². The molecule has 2 N–H and O–H groups in total. The molecule has 0 radical (unpaired) electrons. The molecular weight excluding hydrogens is 216 g/mol. The van der Waals surface area contributed by atoms with Crippen LogP contribution in [0.2, 0.25) is 0 Å². The van der Waals surface area contributed by atoms with Crippen LogP contribution in [0.4, 0.5) is 0 Å². The molecule has 2 rings (SSSR count). The van der Waals surface area contributed by atoms with Crippen LogP contribution in [0.1, 0.15) is 25.7 Å². The van der Waals surface area contributed by atoms with E-state index in [2.05, 4.69) is 0 Å². The van der Waals surface area contributed by atoms with Crippen molar-refractivity contribution in [3.63, 3.8) is 0 Å². The third-order valence-electron chi connectivity index (χ3n) is 3.03. The molecule has 2 heterocycles. The van der Waals surface area contributed by atoms with Gasteiger partial charge >= 0.3 is 0 Å². The van der Waals surface area contributed by atoms with Crippen molar-refractivity contribution in [1.82, 2.24) is 4.31 Å². The van der Waals surface area contributed by atoms with Crippen molar-refractivity contribution in [2.75, 3.05) is 18.9 Å². The molecule has 0 spiro atoms. The largest absolute Gasteiger partial charge is 0.377 e. The fraction of sp³-hybridized carbons (Fsp3) is 1.00. The van der Waals surface area contributed by atoms with Crippen molar-refractivity contribution in [2.24, 2.45) is 5.73 Å². The maximum Gasteiger partial charge on any atom is 0.218 e. The highest BCUT2D eigenvalue weighted by atomic mass is 32.2. The van der Waals surface area contributed by atoms with Crippen LogP contribution < -0.4 is 5.73 Å². The predicted octanol–water partition coefficient (Wildman–Crippen LogP) is -0.124. The van der Waals surface area contributed by atoms with Crippen LogP contribution in [0, 0.1) is 0 Å². The highest BCUT2D eigenvalue weighted by molar-refractivity contribution is 7.89. The number of hydrogen-bond acceptors (Lipinski definition) is 4. The van der Waals surface area contributed by atoms with Gasteiger partial charge in [-0.1, -0.05) is 0 Å². The van der Waals surface area contributed by atoms with Gasteiger partial charge in [0.25, 0.3) is 0 Å². The summed E-state index contributed by atoms with van der Waals surface area (Å²) >= 11 is 0. The average molecular weight is 234 g/mol. The van der Waals surface area contributed by atoms with Crippen molar-refractivity contribution < 1.29 is 13.2 Å². The molecule has 15 heavy (non-hydrogen) atoms. The van der Waals surface area contributed by atoms with Crippen LogP contribution in [-0.4, -0.2) is 43.9 Å². The second-order valence-electron chi connectivity index (χ2n) is 4.23. The highest BCUT2D eigenvalue weighted by Gasteiger charge is 2.34. The van der Waals surface area contributed by atoms with Crippen molar-refractivity contribution in [3.8, 4) is 0 Å². The predicted molar refractivity (Wildman–Crippen MR) is 56.7 cm³/mol. The topological polar surface area (TPSA) is 72.6 Å². The number of ether oxygens (including phenoxy) is 1. The normalized spacial score (nSPS) is 33.7. The van der Waals surface area contributed by atoms with E-state index < -0.39 is 10.0 Å². The van der Waals surface area contributed by atoms with E-state index >= 15 is 0 Å². The molecule has 2 saturated heterocycles. The monoisotopic (exact) mass is 234 g/mol. The van der Waals surface area contributed by atoms with Crippen LogP contribution in [0.3, 0.4) is 0 Å². The molecule has 0 aromatic rings. The minimum absolute atomic E-state index is 0.0979. The lowest BCUT2D eigenvalue weighted by Gasteiger charge is -2.22. The molecule has 0 amide bonds.